The Labute approximate surface area is 85.7 Å². The number of hydrogen-bond acceptors (Lipinski definition) is 3. The van der Waals surface area contributed by atoms with E-state index >= 15 is 0 Å². The Kier molecular flexibility index (Phi) is 4.40. The second-order valence-electron chi connectivity index (χ2n) is 3.41. The SMILES string of the molecule is CCNC(CC)Cc1cccnc1N. The number of anilines is 1. The number of pyridine rings is 1. The minimum Gasteiger partial charge on any atom is -0.383 e. The molecule has 0 amide bonds. The molecule has 3 heteroatoms. The maximum Gasteiger partial charge on any atom is 0.126 e. The highest BCUT2D eigenvalue weighted by Gasteiger charge is 2.07. The number of nitrogens with two attached hydrogens (primary N) is 1. The molecular weight excluding hydrogens is 174 g/mol. The second-order valence-corrected chi connectivity index (χ2v) is 3.41. The summed E-state index contributed by atoms with van der Waals surface area (Å²) in [6, 6.07) is 4.48. The number of aromatic nitrogens is 1. The van der Waals surface area contributed by atoms with Crippen LogP contribution in [0.15, 0.2) is 18.3 Å². The summed E-state index contributed by atoms with van der Waals surface area (Å²) in [6.07, 6.45) is 3.80. The molecule has 0 saturated heterocycles. The zero-order chi connectivity index (χ0) is 10.4. The first-order valence-electron chi connectivity index (χ1n) is 5.20. The van der Waals surface area contributed by atoms with Crippen molar-refractivity contribution in [2.45, 2.75) is 32.7 Å². The van der Waals surface area contributed by atoms with Gasteiger partial charge in [0.2, 0.25) is 0 Å². The van der Waals surface area contributed by atoms with Crippen molar-refractivity contribution >= 4 is 5.82 Å². The van der Waals surface area contributed by atoms with E-state index in [4.69, 9.17) is 5.73 Å². The third-order valence-electron chi connectivity index (χ3n) is 2.38. The van der Waals surface area contributed by atoms with Gasteiger partial charge in [-0.15, -0.1) is 0 Å². The highest BCUT2D eigenvalue weighted by atomic mass is 14.9. The van der Waals surface area contributed by atoms with E-state index in [0.29, 0.717) is 11.9 Å². The van der Waals surface area contributed by atoms with Crippen molar-refractivity contribution in [1.29, 1.82) is 0 Å². The van der Waals surface area contributed by atoms with Crippen LogP contribution in [0.3, 0.4) is 0 Å². The number of hydrogen-bond donors (Lipinski definition) is 2. The minimum atomic E-state index is 0.506. The Hall–Kier alpha value is -1.09. The van der Waals surface area contributed by atoms with Crippen molar-refractivity contribution in [2.24, 2.45) is 0 Å². The van der Waals surface area contributed by atoms with Gasteiger partial charge in [0.25, 0.3) is 0 Å². The molecule has 14 heavy (non-hydrogen) atoms. The molecular formula is C11H19N3. The van der Waals surface area contributed by atoms with Crippen molar-refractivity contribution in [3.63, 3.8) is 0 Å². The van der Waals surface area contributed by atoms with Crippen LogP contribution in [0.2, 0.25) is 0 Å². The van der Waals surface area contributed by atoms with Crippen molar-refractivity contribution in [2.75, 3.05) is 12.3 Å². The van der Waals surface area contributed by atoms with E-state index in [1.165, 1.54) is 0 Å². The number of nitrogen functional groups attached to an aromatic ring is 1. The number of nitrogens with zero attached hydrogens (tertiary/aromatic N) is 1. The lowest BCUT2D eigenvalue weighted by Crippen LogP contribution is -2.30. The van der Waals surface area contributed by atoms with Crippen LogP contribution < -0.4 is 11.1 Å². The van der Waals surface area contributed by atoms with Crippen LogP contribution in [0, 0.1) is 0 Å². The molecule has 0 saturated carbocycles. The van der Waals surface area contributed by atoms with Crippen molar-refractivity contribution < 1.29 is 0 Å². The van der Waals surface area contributed by atoms with E-state index < -0.39 is 0 Å². The van der Waals surface area contributed by atoms with E-state index in [-0.39, 0.29) is 0 Å². The minimum absolute atomic E-state index is 0.506. The van der Waals surface area contributed by atoms with Crippen LogP contribution in [0.5, 0.6) is 0 Å². The first-order chi connectivity index (χ1) is 6.77. The fourth-order valence-electron chi connectivity index (χ4n) is 1.54. The molecule has 1 atom stereocenters. The summed E-state index contributed by atoms with van der Waals surface area (Å²) >= 11 is 0. The van der Waals surface area contributed by atoms with Gasteiger partial charge in [-0.2, -0.15) is 0 Å². The highest BCUT2D eigenvalue weighted by Crippen LogP contribution is 2.11. The van der Waals surface area contributed by atoms with Gasteiger partial charge in [0.15, 0.2) is 0 Å². The number of nitrogens with one attached hydrogen (secondary N) is 1. The fourth-order valence-corrected chi connectivity index (χ4v) is 1.54. The van der Waals surface area contributed by atoms with Gasteiger partial charge in [-0.25, -0.2) is 4.98 Å². The Balaban J connectivity index is 2.62. The molecule has 0 aromatic carbocycles. The first-order valence-corrected chi connectivity index (χ1v) is 5.20. The van der Waals surface area contributed by atoms with Crippen LogP contribution in [-0.2, 0) is 6.42 Å². The lowest BCUT2D eigenvalue weighted by atomic mass is 10.0. The summed E-state index contributed by atoms with van der Waals surface area (Å²) in [4.78, 5) is 4.08. The van der Waals surface area contributed by atoms with Crippen LogP contribution in [0.4, 0.5) is 5.82 Å². The van der Waals surface area contributed by atoms with Gasteiger partial charge in [0, 0.05) is 12.2 Å². The standard InChI is InChI=1S/C11H19N3/c1-3-10(13-4-2)8-9-6-5-7-14-11(9)12/h5-7,10,13H,3-4,8H2,1-2H3,(H2,12,14). The third-order valence-corrected chi connectivity index (χ3v) is 2.38. The topological polar surface area (TPSA) is 50.9 Å². The summed E-state index contributed by atoms with van der Waals surface area (Å²) in [5.74, 6) is 0.656. The van der Waals surface area contributed by atoms with Crippen LogP contribution in [0.1, 0.15) is 25.8 Å². The molecule has 0 aliphatic rings. The molecule has 0 aliphatic carbocycles. The van der Waals surface area contributed by atoms with Crippen LogP contribution in [0.25, 0.3) is 0 Å². The van der Waals surface area contributed by atoms with E-state index in [2.05, 4.69) is 24.1 Å². The molecule has 3 nitrogen and oxygen atoms in total. The first kappa shape index (κ1) is 11.0. The number of rotatable bonds is 5. The molecule has 0 bridgehead atoms. The second kappa shape index (κ2) is 5.60. The van der Waals surface area contributed by atoms with E-state index in [1.54, 1.807) is 6.20 Å². The van der Waals surface area contributed by atoms with Crippen molar-refractivity contribution in [3.05, 3.63) is 23.9 Å². The normalized spacial score (nSPS) is 12.7. The quantitative estimate of drug-likeness (QED) is 0.746. The molecule has 1 rings (SSSR count). The maximum absolute atomic E-state index is 5.78. The Morgan fingerprint density at radius 1 is 1.50 bits per heavy atom. The monoisotopic (exact) mass is 193 g/mol. The van der Waals surface area contributed by atoms with Crippen LogP contribution >= 0.6 is 0 Å². The zero-order valence-electron chi connectivity index (χ0n) is 8.96. The van der Waals surface area contributed by atoms with Gasteiger partial charge >= 0.3 is 0 Å². The molecule has 1 aromatic rings. The van der Waals surface area contributed by atoms with Crippen LogP contribution in [-0.4, -0.2) is 17.6 Å². The van der Waals surface area contributed by atoms with E-state index in [0.717, 1.165) is 24.9 Å². The van der Waals surface area contributed by atoms with Gasteiger partial charge < -0.3 is 11.1 Å². The zero-order valence-corrected chi connectivity index (χ0v) is 8.96. The molecule has 0 aliphatic heterocycles. The predicted octanol–water partition coefficient (Wildman–Crippen LogP) is 1.59. The van der Waals surface area contributed by atoms with Gasteiger partial charge in [-0.05, 0) is 31.0 Å². The summed E-state index contributed by atoms with van der Waals surface area (Å²) in [5.41, 5.74) is 6.92. The summed E-state index contributed by atoms with van der Waals surface area (Å²) in [7, 11) is 0. The molecule has 78 valence electrons. The predicted molar refractivity (Wildman–Crippen MR) is 60.1 cm³/mol. The summed E-state index contributed by atoms with van der Waals surface area (Å²) in [6.45, 7) is 5.30. The molecule has 1 unspecified atom stereocenters. The van der Waals surface area contributed by atoms with Gasteiger partial charge in [-0.3, -0.25) is 0 Å². The Bertz CT molecular complexity index is 273. The molecule has 0 fully saturated rings. The molecule has 0 spiro atoms. The third kappa shape index (κ3) is 3.00. The van der Waals surface area contributed by atoms with Crippen molar-refractivity contribution in [1.82, 2.24) is 10.3 Å². The highest BCUT2D eigenvalue weighted by molar-refractivity contribution is 5.38. The fraction of sp³-hybridized carbons (Fsp3) is 0.545. The average Bonchev–Trinajstić information content (AvgIpc) is 2.20. The number of likely N-dealkylation sites (N-methyl/N-ethyl adjacent to an activating group) is 1. The average molecular weight is 193 g/mol. The van der Waals surface area contributed by atoms with Gasteiger partial charge in [-0.1, -0.05) is 19.9 Å². The lowest BCUT2D eigenvalue weighted by molar-refractivity contribution is 0.510. The molecule has 3 N–H and O–H groups in total. The largest absolute Gasteiger partial charge is 0.383 e. The summed E-state index contributed by atoms with van der Waals surface area (Å²) < 4.78 is 0. The summed E-state index contributed by atoms with van der Waals surface area (Å²) in [5, 5.41) is 3.42. The lowest BCUT2D eigenvalue weighted by Gasteiger charge is -2.16. The molecule has 1 heterocycles. The van der Waals surface area contributed by atoms with Crippen molar-refractivity contribution in [3.8, 4) is 0 Å². The van der Waals surface area contributed by atoms with E-state index in [1.807, 2.05) is 12.1 Å². The maximum atomic E-state index is 5.78. The van der Waals surface area contributed by atoms with E-state index in [9.17, 15) is 0 Å². The van der Waals surface area contributed by atoms with Gasteiger partial charge in [0.1, 0.15) is 5.82 Å². The molecule has 0 radical (unpaired) electrons. The smallest absolute Gasteiger partial charge is 0.126 e. The Morgan fingerprint density at radius 2 is 2.29 bits per heavy atom. The Morgan fingerprint density at radius 3 is 2.86 bits per heavy atom. The molecule has 1 aromatic heterocycles. The van der Waals surface area contributed by atoms with Gasteiger partial charge in [0.05, 0.1) is 0 Å².